The van der Waals surface area contributed by atoms with Gasteiger partial charge in [-0.1, -0.05) is 6.07 Å². The molecule has 1 unspecified atom stereocenters. The highest BCUT2D eigenvalue weighted by atomic mass is 32.2. The van der Waals surface area contributed by atoms with Crippen LogP contribution in [0.4, 0.5) is 0 Å². The van der Waals surface area contributed by atoms with E-state index >= 15 is 0 Å². The third kappa shape index (κ3) is 3.22. The summed E-state index contributed by atoms with van der Waals surface area (Å²) < 4.78 is 38.3. The van der Waals surface area contributed by atoms with E-state index in [4.69, 9.17) is 9.47 Å². The van der Waals surface area contributed by atoms with Crippen molar-refractivity contribution in [3.8, 4) is 11.5 Å². The van der Waals surface area contributed by atoms with E-state index in [9.17, 15) is 8.42 Å². The maximum atomic E-state index is 12.9. The fourth-order valence-corrected chi connectivity index (χ4v) is 4.64. The Kier molecular flexibility index (Phi) is 4.61. The first-order valence-electron chi connectivity index (χ1n) is 7.41. The van der Waals surface area contributed by atoms with E-state index in [-0.39, 0.29) is 10.9 Å². The van der Waals surface area contributed by atoms with Gasteiger partial charge in [0.05, 0.1) is 24.2 Å². The molecule has 0 fully saturated rings. The SMILES string of the molecule is CC(c1cccs1)N(C)S(=O)(=O)c1ccc2c(c1)OCCCO2. The van der Waals surface area contributed by atoms with E-state index in [2.05, 4.69) is 0 Å². The average Bonchev–Trinajstić information content (AvgIpc) is 2.98. The van der Waals surface area contributed by atoms with Crippen molar-refractivity contribution in [2.24, 2.45) is 0 Å². The Morgan fingerprint density at radius 3 is 2.61 bits per heavy atom. The Bertz CT molecular complexity index is 771. The lowest BCUT2D eigenvalue weighted by atomic mass is 10.3. The lowest BCUT2D eigenvalue weighted by Gasteiger charge is -2.23. The number of ether oxygens (including phenoxy) is 2. The van der Waals surface area contributed by atoms with Gasteiger partial charge in [-0.05, 0) is 30.5 Å². The summed E-state index contributed by atoms with van der Waals surface area (Å²) in [6.07, 6.45) is 0.784. The Hall–Kier alpha value is -1.57. The summed E-state index contributed by atoms with van der Waals surface area (Å²) >= 11 is 1.55. The standard InChI is InChI=1S/C16H19NO4S2/c1-12(16-5-3-10-22-16)17(2)23(18,19)13-6-7-14-15(11-13)21-9-4-8-20-14/h3,5-7,10-12H,4,8-9H2,1-2H3. The third-order valence-electron chi connectivity index (χ3n) is 3.90. The van der Waals surface area contributed by atoms with Crippen molar-refractivity contribution in [1.82, 2.24) is 4.31 Å². The van der Waals surface area contributed by atoms with Crippen molar-refractivity contribution in [1.29, 1.82) is 0 Å². The fourth-order valence-electron chi connectivity index (χ4n) is 2.39. The van der Waals surface area contributed by atoms with Crippen molar-refractivity contribution in [2.75, 3.05) is 20.3 Å². The molecule has 0 amide bonds. The van der Waals surface area contributed by atoms with Gasteiger partial charge in [-0.15, -0.1) is 11.3 Å². The molecule has 5 nitrogen and oxygen atoms in total. The normalized spacial score (nSPS) is 16.1. The number of nitrogens with zero attached hydrogens (tertiary/aromatic N) is 1. The van der Waals surface area contributed by atoms with Crippen LogP contribution in [0.3, 0.4) is 0 Å². The Morgan fingerprint density at radius 2 is 1.91 bits per heavy atom. The predicted molar refractivity (Wildman–Crippen MR) is 89.7 cm³/mol. The zero-order valence-corrected chi connectivity index (χ0v) is 14.7. The van der Waals surface area contributed by atoms with Crippen LogP contribution in [0.5, 0.6) is 11.5 Å². The van der Waals surface area contributed by atoms with Gasteiger partial charge in [0.15, 0.2) is 11.5 Å². The molecule has 0 saturated carbocycles. The molecular weight excluding hydrogens is 334 g/mol. The lowest BCUT2D eigenvalue weighted by Crippen LogP contribution is -2.29. The van der Waals surface area contributed by atoms with E-state index < -0.39 is 10.0 Å². The van der Waals surface area contributed by atoms with Gasteiger partial charge < -0.3 is 9.47 Å². The first-order chi connectivity index (χ1) is 11.0. The van der Waals surface area contributed by atoms with Crippen molar-refractivity contribution >= 4 is 21.4 Å². The van der Waals surface area contributed by atoms with Gasteiger partial charge in [0.2, 0.25) is 10.0 Å². The molecule has 23 heavy (non-hydrogen) atoms. The number of hydrogen-bond acceptors (Lipinski definition) is 5. The van der Waals surface area contributed by atoms with Crippen molar-refractivity contribution in [3.63, 3.8) is 0 Å². The summed E-state index contributed by atoms with van der Waals surface area (Å²) in [4.78, 5) is 1.22. The second-order valence-electron chi connectivity index (χ2n) is 5.37. The van der Waals surface area contributed by atoms with Gasteiger partial charge in [-0.25, -0.2) is 8.42 Å². The Labute approximate surface area is 140 Å². The molecule has 0 radical (unpaired) electrons. The monoisotopic (exact) mass is 353 g/mol. The Morgan fingerprint density at radius 1 is 1.17 bits per heavy atom. The summed E-state index contributed by atoms with van der Waals surface area (Å²) in [5, 5.41) is 1.94. The molecule has 2 heterocycles. The molecule has 0 spiro atoms. The Balaban J connectivity index is 1.91. The van der Waals surface area contributed by atoms with Gasteiger partial charge >= 0.3 is 0 Å². The van der Waals surface area contributed by atoms with Crippen LogP contribution in [0, 0.1) is 0 Å². The molecule has 0 saturated heterocycles. The van der Waals surface area contributed by atoms with Gasteiger partial charge in [0, 0.05) is 24.4 Å². The van der Waals surface area contributed by atoms with Crippen LogP contribution in [-0.4, -0.2) is 33.0 Å². The molecule has 1 aromatic carbocycles. The van der Waals surface area contributed by atoms with Crippen molar-refractivity contribution in [3.05, 3.63) is 40.6 Å². The molecule has 3 rings (SSSR count). The highest BCUT2D eigenvalue weighted by Crippen LogP contribution is 2.34. The highest BCUT2D eigenvalue weighted by Gasteiger charge is 2.28. The zero-order chi connectivity index (χ0) is 16.4. The van der Waals surface area contributed by atoms with Gasteiger partial charge in [0.1, 0.15) is 0 Å². The number of thiophene rings is 1. The number of fused-ring (bicyclic) bond motifs is 1. The van der Waals surface area contributed by atoms with Crippen LogP contribution >= 0.6 is 11.3 Å². The van der Waals surface area contributed by atoms with Crippen molar-refractivity contribution < 1.29 is 17.9 Å². The summed E-state index contributed by atoms with van der Waals surface area (Å²) in [6, 6.07) is 8.42. The lowest BCUT2D eigenvalue weighted by molar-refractivity contribution is 0.296. The van der Waals surface area contributed by atoms with Crippen LogP contribution in [0.2, 0.25) is 0 Å². The summed E-state index contributed by atoms with van der Waals surface area (Å²) in [5.41, 5.74) is 0. The minimum atomic E-state index is -3.61. The molecule has 124 valence electrons. The van der Waals surface area contributed by atoms with Crippen molar-refractivity contribution in [2.45, 2.75) is 24.3 Å². The number of benzene rings is 1. The van der Waals surface area contributed by atoms with Crippen LogP contribution in [0.15, 0.2) is 40.6 Å². The number of sulfonamides is 1. The molecule has 1 aromatic heterocycles. The first kappa shape index (κ1) is 16.3. The summed E-state index contributed by atoms with van der Waals surface area (Å²) in [5.74, 6) is 1.08. The van der Waals surface area contributed by atoms with Gasteiger partial charge in [-0.2, -0.15) is 4.31 Å². The smallest absolute Gasteiger partial charge is 0.243 e. The van der Waals surface area contributed by atoms with E-state index in [1.54, 1.807) is 36.6 Å². The molecule has 1 atom stereocenters. The molecular formula is C16H19NO4S2. The molecule has 2 aromatic rings. The van der Waals surface area contributed by atoms with Gasteiger partial charge in [-0.3, -0.25) is 0 Å². The van der Waals surface area contributed by atoms with Crippen LogP contribution in [-0.2, 0) is 10.0 Å². The molecule has 1 aliphatic rings. The maximum Gasteiger partial charge on any atom is 0.243 e. The summed E-state index contributed by atoms with van der Waals surface area (Å²) in [6.45, 7) is 2.98. The highest BCUT2D eigenvalue weighted by molar-refractivity contribution is 7.89. The van der Waals surface area contributed by atoms with E-state index in [0.717, 1.165) is 11.3 Å². The predicted octanol–water partition coefficient (Wildman–Crippen LogP) is 3.29. The average molecular weight is 353 g/mol. The zero-order valence-electron chi connectivity index (χ0n) is 13.1. The minimum Gasteiger partial charge on any atom is -0.490 e. The maximum absolute atomic E-state index is 12.9. The molecule has 0 aliphatic carbocycles. The van der Waals surface area contributed by atoms with Crippen LogP contribution in [0.1, 0.15) is 24.3 Å². The largest absolute Gasteiger partial charge is 0.490 e. The van der Waals surface area contributed by atoms with E-state index in [1.165, 1.54) is 4.31 Å². The molecule has 0 bridgehead atoms. The quantitative estimate of drug-likeness (QED) is 0.846. The second-order valence-corrected chi connectivity index (χ2v) is 8.35. The van der Waals surface area contributed by atoms with E-state index in [0.29, 0.717) is 24.7 Å². The molecule has 7 heteroatoms. The number of rotatable bonds is 4. The molecule has 0 N–H and O–H groups in total. The first-order valence-corrected chi connectivity index (χ1v) is 9.73. The number of hydrogen-bond donors (Lipinski definition) is 0. The molecule has 1 aliphatic heterocycles. The van der Waals surface area contributed by atoms with Crippen LogP contribution in [0.25, 0.3) is 0 Å². The fraction of sp³-hybridized carbons (Fsp3) is 0.375. The van der Waals surface area contributed by atoms with E-state index in [1.807, 2.05) is 24.4 Å². The summed E-state index contributed by atoms with van der Waals surface area (Å²) in [7, 11) is -2.01. The van der Waals surface area contributed by atoms with Crippen LogP contribution < -0.4 is 9.47 Å². The minimum absolute atomic E-state index is 0.215. The van der Waals surface area contributed by atoms with Gasteiger partial charge in [0.25, 0.3) is 0 Å². The third-order valence-corrected chi connectivity index (χ3v) is 6.86. The second kappa shape index (κ2) is 6.51. The topological polar surface area (TPSA) is 55.8 Å².